The van der Waals surface area contributed by atoms with Crippen LogP contribution in [0, 0.1) is 13.8 Å². The fourth-order valence-electron chi connectivity index (χ4n) is 3.26. The van der Waals surface area contributed by atoms with Gasteiger partial charge in [0, 0.05) is 0 Å². The largest absolute Gasteiger partial charge is 0.393 e. The van der Waals surface area contributed by atoms with E-state index in [9.17, 15) is 5.11 Å². The van der Waals surface area contributed by atoms with Gasteiger partial charge in [-0.1, -0.05) is 48.0 Å². The molecule has 0 spiro atoms. The molecular formula is C19H22O. The van der Waals surface area contributed by atoms with Crippen LogP contribution in [0.2, 0.25) is 0 Å². The van der Waals surface area contributed by atoms with Crippen LogP contribution < -0.4 is 0 Å². The van der Waals surface area contributed by atoms with E-state index >= 15 is 0 Å². The number of aryl methyl sites for hydroxylation is 2. The molecule has 2 unspecified atom stereocenters. The lowest BCUT2D eigenvalue weighted by Gasteiger charge is -2.31. The van der Waals surface area contributed by atoms with Gasteiger partial charge in [0.25, 0.3) is 0 Å². The first kappa shape index (κ1) is 13.4. The van der Waals surface area contributed by atoms with Gasteiger partial charge in [-0.05, 0) is 61.3 Å². The molecule has 1 aliphatic carbocycles. The summed E-state index contributed by atoms with van der Waals surface area (Å²) in [5.74, 6) is 0.548. The Labute approximate surface area is 121 Å². The summed E-state index contributed by atoms with van der Waals surface area (Å²) in [7, 11) is 0. The Morgan fingerprint density at radius 3 is 2.75 bits per heavy atom. The Kier molecular flexibility index (Phi) is 3.62. The average Bonchev–Trinajstić information content (AvgIpc) is 2.40. The van der Waals surface area contributed by atoms with Crippen molar-refractivity contribution in [3.63, 3.8) is 0 Å². The number of aliphatic hydroxyl groups excluding tert-OH is 1. The van der Waals surface area contributed by atoms with Crippen molar-refractivity contribution in [3.05, 3.63) is 70.3 Å². The number of benzene rings is 2. The van der Waals surface area contributed by atoms with Crippen molar-refractivity contribution in [1.29, 1.82) is 0 Å². The minimum absolute atomic E-state index is 0.242. The molecular weight excluding hydrogens is 244 g/mol. The van der Waals surface area contributed by atoms with E-state index in [1.54, 1.807) is 0 Å². The van der Waals surface area contributed by atoms with Gasteiger partial charge in [0.05, 0.1) is 6.10 Å². The quantitative estimate of drug-likeness (QED) is 0.888. The molecule has 1 aliphatic rings. The van der Waals surface area contributed by atoms with Crippen LogP contribution >= 0.6 is 0 Å². The van der Waals surface area contributed by atoms with Crippen molar-refractivity contribution in [2.45, 2.75) is 45.1 Å². The van der Waals surface area contributed by atoms with Crippen molar-refractivity contribution in [2.24, 2.45) is 0 Å². The molecule has 0 saturated heterocycles. The van der Waals surface area contributed by atoms with Gasteiger partial charge in [0.2, 0.25) is 0 Å². The highest BCUT2D eigenvalue weighted by molar-refractivity contribution is 5.40. The number of fused-ring (bicyclic) bond motifs is 1. The van der Waals surface area contributed by atoms with E-state index in [1.165, 1.54) is 27.8 Å². The standard InChI is InChI=1S/C19H22O/c1-13-7-8-14(2)16(9-13)11-18(20)12-17-10-15-5-3-4-6-19(15)17/h3-9,17-18,20H,10-12H2,1-2H3. The van der Waals surface area contributed by atoms with E-state index in [1.807, 2.05) is 0 Å². The zero-order chi connectivity index (χ0) is 14.1. The highest BCUT2D eigenvalue weighted by Gasteiger charge is 2.27. The van der Waals surface area contributed by atoms with Gasteiger partial charge in [-0.15, -0.1) is 0 Å². The van der Waals surface area contributed by atoms with Gasteiger partial charge < -0.3 is 5.11 Å². The van der Waals surface area contributed by atoms with Crippen molar-refractivity contribution in [3.8, 4) is 0 Å². The summed E-state index contributed by atoms with van der Waals surface area (Å²) in [6.07, 6.45) is 2.53. The Morgan fingerprint density at radius 1 is 1.15 bits per heavy atom. The van der Waals surface area contributed by atoms with Crippen LogP contribution in [0.25, 0.3) is 0 Å². The summed E-state index contributed by atoms with van der Waals surface area (Å²) in [6, 6.07) is 15.1. The van der Waals surface area contributed by atoms with E-state index in [0.29, 0.717) is 5.92 Å². The molecule has 1 heteroatoms. The number of aliphatic hydroxyl groups is 1. The third kappa shape index (κ3) is 2.64. The predicted octanol–water partition coefficient (Wildman–Crippen LogP) is 3.94. The van der Waals surface area contributed by atoms with Crippen LogP contribution in [0.4, 0.5) is 0 Å². The van der Waals surface area contributed by atoms with E-state index < -0.39 is 0 Å². The number of rotatable bonds is 4. The SMILES string of the molecule is Cc1ccc(C)c(CC(O)CC2Cc3ccccc32)c1. The molecule has 3 rings (SSSR count). The molecule has 0 aliphatic heterocycles. The zero-order valence-corrected chi connectivity index (χ0v) is 12.3. The molecule has 0 amide bonds. The van der Waals surface area contributed by atoms with Crippen LogP contribution in [0.5, 0.6) is 0 Å². The maximum absolute atomic E-state index is 10.4. The summed E-state index contributed by atoms with van der Waals surface area (Å²) in [5.41, 5.74) is 6.73. The summed E-state index contributed by atoms with van der Waals surface area (Å²) in [6.45, 7) is 4.23. The van der Waals surface area contributed by atoms with Gasteiger partial charge in [-0.3, -0.25) is 0 Å². The molecule has 0 fully saturated rings. The minimum atomic E-state index is -0.242. The third-order valence-corrected chi connectivity index (χ3v) is 4.48. The maximum atomic E-state index is 10.4. The summed E-state index contributed by atoms with van der Waals surface area (Å²) >= 11 is 0. The molecule has 2 aromatic rings. The Balaban J connectivity index is 1.64. The molecule has 0 radical (unpaired) electrons. The van der Waals surface area contributed by atoms with Crippen LogP contribution in [0.3, 0.4) is 0 Å². The van der Waals surface area contributed by atoms with E-state index in [0.717, 1.165) is 19.3 Å². The second-order valence-electron chi connectivity index (χ2n) is 6.12. The normalized spacial score (nSPS) is 18.2. The first-order chi connectivity index (χ1) is 9.63. The second-order valence-corrected chi connectivity index (χ2v) is 6.12. The Morgan fingerprint density at radius 2 is 1.95 bits per heavy atom. The fourth-order valence-corrected chi connectivity index (χ4v) is 3.26. The van der Waals surface area contributed by atoms with Crippen molar-refractivity contribution in [1.82, 2.24) is 0 Å². The topological polar surface area (TPSA) is 20.2 Å². The highest BCUT2D eigenvalue weighted by Crippen LogP contribution is 2.38. The number of hydrogen-bond acceptors (Lipinski definition) is 1. The summed E-state index contributed by atoms with van der Waals surface area (Å²) < 4.78 is 0. The van der Waals surface area contributed by atoms with Crippen LogP contribution in [-0.2, 0) is 12.8 Å². The molecule has 0 aromatic heterocycles. The number of hydrogen-bond donors (Lipinski definition) is 1. The van der Waals surface area contributed by atoms with Gasteiger partial charge in [-0.25, -0.2) is 0 Å². The van der Waals surface area contributed by atoms with Crippen LogP contribution in [-0.4, -0.2) is 11.2 Å². The molecule has 104 valence electrons. The molecule has 2 aromatic carbocycles. The van der Waals surface area contributed by atoms with Gasteiger partial charge >= 0.3 is 0 Å². The molecule has 2 atom stereocenters. The molecule has 0 heterocycles. The highest BCUT2D eigenvalue weighted by atomic mass is 16.3. The predicted molar refractivity (Wildman–Crippen MR) is 83.1 cm³/mol. The van der Waals surface area contributed by atoms with Gasteiger partial charge in [0.1, 0.15) is 0 Å². The van der Waals surface area contributed by atoms with E-state index in [4.69, 9.17) is 0 Å². The minimum Gasteiger partial charge on any atom is -0.393 e. The molecule has 1 nitrogen and oxygen atoms in total. The van der Waals surface area contributed by atoms with Crippen LogP contribution in [0.15, 0.2) is 42.5 Å². The smallest absolute Gasteiger partial charge is 0.0586 e. The molecule has 0 saturated carbocycles. The first-order valence-electron chi connectivity index (χ1n) is 7.45. The van der Waals surface area contributed by atoms with Gasteiger partial charge in [-0.2, -0.15) is 0 Å². The average molecular weight is 266 g/mol. The van der Waals surface area contributed by atoms with E-state index in [-0.39, 0.29) is 6.10 Å². The Bertz CT molecular complexity index is 615. The summed E-state index contributed by atoms with van der Waals surface area (Å²) in [5, 5.41) is 10.4. The van der Waals surface area contributed by atoms with Gasteiger partial charge in [0.15, 0.2) is 0 Å². The van der Waals surface area contributed by atoms with E-state index in [2.05, 4.69) is 56.3 Å². The summed E-state index contributed by atoms with van der Waals surface area (Å²) in [4.78, 5) is 0. The molecule has 0 bridgehead atoms. The van der Waals surface area contributed by atoms with Crippen molar-refractivity contribution >= 4 is 0 Å². The van der Waals surface area contributed by atoms with Crippen molar-refractivity contribution < 1.29 is 5.11 Å². The Hall–Kier alpha value is -1.60. The lowest BCUT2D eigenvalue weighted by Crippen LogP contribution is -2.23. The second kappa shape index (κ2) is 5.41. The lowest BCUT2D eigenvalue weighted by atomic mass is 9.74. The third-order valence-electron chi connectivity index (χ3n) is 4.48. The fraction of sp³-hybridized carbons (Fsp3) is 0.368. The van der Waals surface area contributed by atoms with Crippen molar-refractivity contribution in [2.75, 3.05) is 0 Å². The first-order valence-corrected chi connectivity index (χ1v) is 7.45. The monoisotopic (exact) mass is 266 g/mol. The molecule has 20 heavy (non-hydrogen) atoms. The maximum Gasteiger partial charge on any atom is 0.0586 e. The zero-order valence-electron chi connectivity index (χ0n) is 12.3. The lowest BCUT2D eigenvalue weighted by molar-refractivity contribution is 0.151. The molecule has 1 N–H and O–H groups in total. The van der Waals surface area contributed by atoms with Crippen LogP contribution in [0.1, 0.15) is 40.2 Å².